The minimum atomic E-state index is -3.13. The van der Waals surface area contributed by atoms with Crippen molar-refractivity contribution in [1.82, 2.24) is 0 Å². The van der Waals surface area contributed by atoms with Crippen LogP contribution in [0.1, 0.15) is 10.4 Å². The molecule has 3 aromatic carbocycles. The molecule has 4 aromatic rings. The zero-order chi connectivity index (χ0) is 21.1. The van der Waals surface area contributed by atoms with Gasteiger partial charge in [0.25, 0.3) is 5.91 Å². The second-order valence-electron chi connectivity index (χ2n) is 6.63. The monoisotopic (exact) mass is 433 g/mol. The van der Waals surface area contributed by atoms with Gasteiger partial charge in [0.2, 0.25) is 0 Å². The van der Waals surface area contributed by atoms with E-state index in [-0.39, 0.29) is 5.91 Å². The molecule has 1 atom stereocenters. The maximum absolute atomic E-state index is 12.9. The van der Waals surface area contributed by atoms with Crippen LogP contribution in [0.15, 0.2) is 100 Å². The third kappa shape index (κ3) is 3.98. The summed E-state index contributed by atoms with van der Waals surface area (Å²) in [6.45, 7) is 0. The van der Waals surface area contributed by atoms with E-state index >= 15 is 0 Å². The standard InChI is InChI=1S/C23H19N3O2S2/c24-20-13-10-17(22-7-4-14-29-22)15-21(20)26-23(27)16-8-11-19(12-9-16)30(25,28)18-5-2-1-3-6-18/h1-15,25H,24H2,(H,26,27). The summed E-state index contributed by atoms with van der Waals surface area (Å²) in [5, 5.41) is 4.83. The minimum absolute atomic E-state index is 0.326. The minimum Gasteiger partial charge on any atom is -0.397 e. The summed E-state index contributed by atoms with van der Waals surface area (Å²) >= 11 is 1.61. The molecular weight excluding hydrogens is 414 g/mol. The highest BCUT2D eigenvalue weighted by Gasteiger charge is 2.15. The number of nitrogens with one attached hydrogen (secondary N) is 2. The van der Waals surface area contributed by atoms with E-state index in [0.29, 0.717) is 26.7 Å². The average molecular weight is 434 g/mol. The van der Waals surface area contributed by atoms with Gasteiger partial charge in [-0.05, 0) is 65.5 Å². The topological polar surface area (TPSA) is 96.0 Å². The van der Waals surface area contributed by atoms with Crippen molar-refractivity contribution in [2.24, 2.45) is 0 Å². The predicted octanol–water partition coefficient (Wildman–Crippen LogP) is 5.71. The molecule has 5 nitrogen and oxygen atoms in total. The van der Waals surface area contributed by atoms with Crippen LogP contribution in [0.25, 0.3) is 10.4 Å². The molecule has 4 rings (SSSR count). The van der Waals surface area contributed by atoms with E-state index in [2.05, 4.69) is 5.32 Å². The van der Waals surface area contributed by atoms with Gasteiger partial charge in [-0.1, -0.05) is 30.3 Å². The Morgan fingerprint density at radius 1 is 0.900 bits per heavy atom. The summed E-state index contributed by atoms with van der Waals surface area (Å²) in [5.41, 5.74) is 8.41. The smallest absolute Gasteiger partial charge is 0.255 e. The normalized spacial score (nSPS) is 12.8. The SMILES string of the molecule is N=S(=O)(c1ccccc1)c1ccc(C(=O)Nc2cc(-c3cccs3)ccc2N)cc1. The van der Waals surface area contributed by atoms with Crippen LogP contribution < -0.4 is 11.1 Å². The molecule has 0 saturated carbocycles. The van der Waals surface area contributed by atoms with Gasteiger partial charge in [-0.2, -0.15) is 0 Å². The van der Waals surface area contributed by atoms with Crippen molar-refractivity contribution < 1.29 is 9.00 Å². The number of benzene rings is 3. The van der Waals surface area contributed by atoms with Crippen LogP contribution in [0, 0.1) is 4.78 Å². The van der Waals surface area contributed by atoms with Gasteiger partial charge in [0.1, 0.15) is 9.73 Å². The number of carbonyl (C=O) groups excluding carboxylic acids is 1. The van der Waals surface area contributed by atoms with Crippen LogP contribution in [-0.2, 0) is 9.73 Å². The number of amides is 1. The fraction of sp³-hybridized carbons (Fsp3) is 0. The fourth-order valence-corrected chi connectivity index (χ4v) is 5.06. The Morgan fingerprint density at radius 2 is 1.60 bits per heavy atom. The van der Waals surface area contributed by atoms with Gasteiger partial charge in [0.05, 0.1) is 21.2 Å². The van der Waals surface area contributed by atoms with Crippen LogP contribution in [0.4, 0.5) is 11.4 Å². The van der Waals surface area contributed by atoms with Crippen molar-refractivity contribution in [3.63, 3.8) is 0 Å². The summed E-state index contributed by atoms with van der Waals surface area (Å²) < 4.78 is 21.2. The highest BCUT2D eigenvalue weighted by molar-refractivity contribution is 7.92. The van der Waals surface area contributed by atoms with E-state index in [9.17, 15) is 9.00 Å². The first kappa shape index (κ1) is 19.9. The van der Waals surface area contributed by atoms with Crippen LogP contribution in [0.3, 0.4) is 0 Å². The lowest BCUT2D eigenvalue weighted by molar-refractivity contribution is 0.102. The van der Waals surface area contributed by atoms with Crippen molar-refractivity contribution in [3.05, 3.63) is 95.9 Å². The third-order valence-corrected chi connectivity index (χ3v) is 7.42. The zero-order valence-corrected chi connectivity index (χ0v) is 17.5. The molecule has 0 aliphatic carbocycles. The van der Waals surface area contributed by atoms with Gasteiger partial charge in [-0.3, -0.25) is 4.79 Å². The number of hydrogen-bond acceptors (Lipinski definition) is 5. The highest BCUT2D eigenvalue weighted by Crippen LogP contribution is 2.30. The lowest BCUT2D eigenvalue weighted by Crippen LogP contribution is -2.13. The highest BCUT2D eigenvalue weighted by atomic mass is 32.2. The van der Waals surface area contributed by atoms with Crippen molar-refractivity contribution in [3.8, 4) is 10.4 Å². The Kier molecular flexibility index (Phi) is 5.39. The fourth-order valence-electron chi connectivity index (χ4n) is 3.00. The number of carbonyl (C=O) groups is 1. The molecule has 4 N–H and O–H groups in total. The van der Waals surface area contributed by atoms with E-state index in [0.717, 1.165) is 10.4 Å². The van der Waals surface area contributed by atoms with Crippen molar-refractivity contribution >= 4 is 38.3 Å². The van der Waals surface area contributed by atoms with Gasteiger partial charge in [-0.25, -0.2) is 8.99 Å². The first-order chi connectivity index (χ1) is 14.4. The molecule has 0 bridgehead atoms. The maximum atomic E-state index is 12.9. The summed E-state index contributed by atoms with van der Waals surface area (Å²) in [6, 6.07) is 24.4. The van der Waals surface area contributed by atoms with Crippen molar-refractivity contribution in [1.29, 1.82) is 4.78 Å². The van der Waals surface area contributed by atoms with E-state index in [1.54, 1.807) is 65.9 Å². The van der Waals surface area contributed by atoms with Gasteiger partial charge in [-0.15, -0.1) is 11.3 Å². The Bertz CT molecular complexity index is 1280. The molecule has 0 aliphatic rings. The molecule has 0 saturated heterocycles. The molecule has 0 radical (unpaired) electrons. The second-order valence-corrected chi connectivity index (χ2v) is 9.63. The van der Waals surface area contributed by atoms with Gasteiger partial charge >= 0.3 is 0 Å². The lowest BCUT2D eigenvalue weighted by atomic mass is 10.1. The first-order valence-electron chi connectivity index (χ1n) is 9.14. The summed E-state index contributed by atoms with van der Waals surface area (Å²) in [7, 11) is -3.13. The number of anilines is 2. The molecule has 1 aromatic heterocycles. The first-order valence-corrected chi connectivity index (χ1v) is 11.6. The molecule has 7 heteroatoms. The Hall–Kier alpha value is -3.42. The van der Waals surface area contributed by atoms with Crippen LogP contribution in [0.2, 0.25) is 0 Å². The van der Waals surface area contributed by atoms with E-state index in [4.69, 9.17) is 10.5 Å². The molecule has 1 heterocycles. The van der Waals surface area contributed by atoms with E-state index in [1.165, 1.54) is 0 Å². The van der Waals surface area contributed by atoms with Crippen molar-refractivity contribution in [2.75, 3.05) is 11.1 Å². The molecule has 0 fully saturated rings. The summed E-state index contributed by atoms with van der Waals surface area (Å²) in [4.78, 5) is 14.6. The predicted molar refractivity (Wildman–Crippen MR) is 122 cm³/mol. The number of hydrogen-bond donors (Lipinski definition) is 3. The summed E-state index contributed by atoms with van der Waals surface area (Å²) in [5.74, 6) is -0.326. The van der Waals surface area contributed by atoms with E-state index in [1.807, 2.05) is 35.7 Å². The Balaban J connectivity index is 1.56. The number of nitrogens with two attached hydrogens (primary N) is 1. The zero-order valence-electron chi connectivity index (χ0n) is 15.9. The Labute approximate surface area is 179 Å². The van der Waals surface area contributed by atoms with Crippen molar-refractivity contribution in [2.45, 2.75) is 9.79 Å². The Morgan fingerprint density at radius 3 is 2.27 bits per heavy atom. The van der Waals surface area contributed by atoms with Gasteiger partial charge < -0.3 is 11.1 Å². The molecule has 1 unspecified atom stereocenters. The number of rotatable bonds is 5. The average Bonchev–Trinajstić information content (AvgIpc) is 3.31. The summed E-state index contributed by atoms with van der Waals surface area (Å²) in [6.07, 6.45) is 0. The second kappa shape index (κ2) is 8.14. The van der Waals surface area contributed by atoms with Crippen LogP contribution in [0.5, 0.6) is 0 Å². The molecular formula is C23H19N3O2S2. The van der Waals surface area contributed by atoms with Crippen LogP contribution >= 0.6 is 11.3 Å². The molecule has 1 amide bonds. The van der Waals surface area contributed by atoms with Crippen LogP contribution in [-0.4, -0.2) is 10.1 Å². The van der Waals surface area contributed by atoms with Gasteiger partial charge in [0.15, 0.2) is 0 Å². The maximum Gasteiger partial charge on any atom is 0.255 e. The third-order valence-electron chi connectivity index (χ3n) is 4.63. The molecule has 150 valence electrons. The van der Waals surface area contributed by atoms with Gasteiger partial charge in [0, 0.05) is 10.4 Å². The largest absolute Gasteiger partial charge is 0.397 e. The van der Waals surface area contributed by atoms with E-state index < -0.39 is 9.73 Å². The number of thiophene rings is 1. The molecule has 30 heavy (non-hydrogen) atoms. The lowest BCUT2D eigenvalue weighted by Gasteiger charge is -2.11. The quantitative estimate of drug-likeness (QED) is 0.352. The molecule has 0 aliphatic heterocycles. The molecule has 0 spiro atoms. The number of nitrogen functional groups attached to an aromatic ring is 1.